The molecular formula is C17H18O. The molecule has 0 unspecified atom stereocenters. The highest BCUT2D eigenvalue weighted by Gasteiger charge is 2.03. The Kier molecular flexibility index (Phi) is 4.74. The van der Waals surface area contributed by atoms with Gasteiger partial charge in [-0.15, -0.1) is 0 Å². The van der Waals surface area contributed by atoms with Crippen LogP contribution in [0, 0.1) is 0 Å². The van der Waals surface area contributed by atoms with E-state index in [2.05, 4.69) is 48.6 Å². The first kappa shape index (κ1) is 12.6. The molecule has 0 aromatic heterocycles. The summed E-state index contributed by atoms with van der Waals surface area (Å²) in [6, 6.07) is 20.7. The molecule has 2 aromatic rings. The smallest absolute Gasteiger partial charge is 0.0795 e. The first-order valence-corrected chi connectivity index (χ1v) is 6.18. The van der Waals surface area contributed by atoms with Gasteiger partial charge in [-0.1, -0.05) is 72.8 Å². The van der Waals surface area contributed by atoms with Gasteiger partial charge in [0.15, 0.2) is 0 Å². The molecular weight excluding hydrogens is 220 g/mol. The summed E-state index contributed by atoms with van der Waals surface area (Å²) in [6.45, 7) is 0. The molecule has 0 aliphatic carbocycles. The van der Waals surface area contributed by atoms with Crippen molar-refractivity contribution in [3.63, 3.8) is 0 Å². The van der Waals surface area contributed by atoms with Crippen molar-refractivity contribution in [2.75, 3.05) is 7.11 Å². The van der Waals surface area contributed by atoms with Gasteiger partial charge in [-0.2, -0.15) is 0 Å². The van der Waals surface area contributed by atoms with Gasteiger partial charge < -0.3 is 4.74 Å². The van der Waals surface area contributed by atoms with Crippen molar-refractivity contribution in [3.05, 3.63) is 77.9 Å². The Balaban J connectivity index is 2.00. The third kappa shape index (κ3) is 3.86. The molecule has 0 saturated heterocycles. The van der Waals surface area contributed by atoms with E-state index in [0.29, 0.717) is 0 Å². The van der Waals surface area contributed by atoms with Crippen LogP contribution in [0.15, 0.2) is 66.7 Å². The van der Waals surface area contributed by atoms with Gasteiger partial charge in [0.2, 0.25) is 0 Å². The summed E-state index contributed by atoms with van der Waals surface area (Å²) in [5, 5.41) is 0. The van der Waals surface area contributed by atoms with Crippen LogP contribution in [0.1, 0.15) is 11.1 Å². The summed E-state index contributed by atoms with van der Waals surface area (Å²) in [5.74, 6) is 0. The van der Waals surface area contributed by atoms with Crippen LogP contribution >= 0.6 is 0 Å². The Morgan fingerprint density at radius 2 is 1.56 bits per heavy atom. The third-order valence-electron chi connectivity index (χ3n) is 2.89. The Morgan fingerprint density at radius 1 is 0.944 bits per heavy atom. The lowest BCUT2D eigenvalue weighted by molar-refractivity contribution is 0.142. The number of benzene rings is 2. The maximum absolute atomic E-state index is 5.49. The summed E-state index contributed by atoms with van der Waals surface area (Å²) in [7, 11) is 1.75. The Bertz CT molecular complexity index is 473. The minimum Gasteiger partial charge on any atom is -0.377 e. The molecule has 0 amide bonds. The standard InChI is InChI=1S/C17H18O/c1-18-17(14-16-10-6-3-7-11-16)13-12-15-8-4-2-5-9-15/h2-13,17H,14H2,1H3/t17-/m1/s1. The minimum absolute atomic E-state index is 0.118. The lowest BCUT2D eigenvalue weighted by atomic mass is 10.1. The van der Waals surface area contributed by atoms with Crippen LogP contribution in [-0.4, -0.2) is 13.2 Å². The summed E-state index contributed by atoms with van der Waals surface area (Å²) in [6.07, 6.45) is 5.24. The van der Waals surface area contributed by atoms with Gasteiger partial charge in [-0.25, -0.2) is 0 Å². The predicted molar refractivity (Wildman–Crippen MR) is 76.4 cm³/mol. The summed E-state index contributed by atoms with van der Waals surface area (Å²) < 4.78 is 5.49. The van der Waals surface area contributed by atoms with Crippen molar-refractivity contribution in [3.8, 4) is 0 Å². The maximum Gasteiger partial charge on any atom is 0.0795 e. The van der Waals surface area contributed by atoms with Gasteiger partial charge in [0.05, 0.1) is 6.10 Å². The molecule has 0 N–H and O–H groups in total. The normalized spacial score (nSPS) is 12.7. The first-order chi connectivity index (χ1) is 8.88. The number of methoxy groups -OCH3 is 1. The van der Waals surface area contributed by atoms with E-state index in [-0.39, 0.29) is 6.10 Å². The van der Waals surface area contributed by atoms with Crippen LogP contribution in [-0.2, 0) is 11.2 Å². The molecule has 0 bridgehead atoms. The number of rotatable bonds is 5. The van der Waals surface area contributed by atoms with Crippen LogP contribution in [0.2, 0.25) is 0 Å². The number of hydrogen-bond acceptors (Lipinski definition) is 1. The average Bonchev–Trinajstić information content (AvgIpc) is 2.45. The van der Waals surface area contributed by atoms with E-state index in [0.717, 1.165) is 6.42 Å². The maximum atomic E-state index is 5.49. The van der Waals surface area contributed by atoms with Crippen LogP contribution in [0.4, 0.5) is 0 Å². The monoisotopic (exact) mass is 238 g/mol. The molecule has 0 saturated carbocycles. The average molecular weight is 238 g/mol. The molecule has 1 nitrogen and oxygen atoms in total. The number of hydrogen-bond donors (Lipinski definition) is 0. The van der Waals surface area contributed by atoms with Gasteiger partial charge in [-0.05, 0) is 11.1 Å². The van der Waals surface area contributed by atoms with E-state index in [1.165, 1.54) is 11.1 Å². The summed E-state index contributed by atoms with van der Waals surface area (Å²) >= 11 is 0. The molecule has 2 rings (SSSR count). The highest BCUT2D eigenvalue weighted by atomic mass is 16.5. The van der Waals surface area contributed by atoms with Crippen LogP contribution in [0.5, 0.6) is 0 Å². The van der Waals surface area contributed by atoms with Crippen LogP contribution in [0.25, 0.3) is 6.08 Å². The van der Waals surface area contributed by atoms with Crippen molar-refractivity contribution in [2.45, 2.75) is 12.5 Å². The molecule has 18 heavy (non-hydrogen) atoms. The molecule has 2 aromatic carbocycles. The predicted octanol–water partition coefficient (Wildman–Crippen LogP) is 3.96. The fourth-order valence-electron chi connectivity index (χ4n) is 1.86. The zero-order valence-corrected chi connectivity index (χ0v) is 10.6. The molecule has 92 valence electrons. The summed E-state index contributed by atoms with van der Waals surface area (Å²) in [4.78, 5) is 0. The Morgan fingerprint density at radius 3 is 2.17 bits per heavy atom. The number of ether oxygens (including phenoxy) is 1. The highest BCUT2D eigenvalue weighted by Crippen LogP contribution is 2.09. The lowest BCUT2D eigenvalue weighted by Gasteiger charge is -2.10. The second kappa shape index (κ2) is 6.77. The van der Waals surface area contributed by atoms with Crippen molar-refractivity contribution in [2.24, 2.45) is 0 Å². The van der Waals surface area contributed by atoms with Crippen LogP contribution < -0.4 is 0 Å². The lowest BCUT2D eigenvalue weighted by Crippen LogP contribution is -2.10. The summed E-state index contributed by atoms with van der Waals surface area (Å²) in [5.41, 5.74) is 2.50. The fourth-order valence-corrected chi connectivity index (χ4v) is 1.86. The van der Waals surface area contributed by atoms with Gasteiger partial charge in [-0.3, -0.25) is 0 Å². The Labute approximate surface area is 109 Å². The van der Waals surface area contributed by atoms with E-state index in [9.17, 15) is 0 Å². The Hall–Kier alpha value is -1.86. The SMILES string of the molecule is CO[C@H](C=Cc1ccccc1)Cc1ccccc1. The van der Waals surface area contributed by atoms with Gasteiger partial charge in [0.1, 0.15) is 0 Å². The van der Waals surface area contributed by atoms with E-state index in [4.69, 9.17) is 4.74 Å². The van der Waals surface area contributed by atoms with Crippen molar-refractivity contribution < 1.29 is 4.74 Å². The van der Waals surface area contributed by atoms with Crippen molar-refractivity contribution >= 4 is 6.08 Å². The molecule has 0 heterocycles. The van der Waals surface area contributed by atoms with Gasteiger partial charge in [0, 0.05) is 13.5 Å². The van der Waals surface area contributed by atoms with E-state index >= 15 is 0 Å². The van der Waals surface area contributed by atoms with Gasteiger partial charge >= 0.3 is 0 Å². The zero-order valence-electron chi connectivity index (χ0n) is 10.6. The van der Waals surface area contributed by atoms with E-state index < -0.39 is 0 Å². The molecule has 0 aliphatic heterocycles. The second-order valence-corrected chi connectivity index (χ2v) is 4.23. The molecule has 0 radical (unpaired) electrons. The molecule has 0 fully saturated rings. The molecule has 1 heteroatoms. The van der Waals surface area contributed by atoms with Gasteiger partial charge in [0.25, 0.3) is 0 Å². The first-order valence-electron chi connectivity index (χ1n) is 6.18. The van der Waals surface area contributed by atoms with E-state index in [1.54, 1.807) is 7.11 Å². The topological polar surface area (TPSA) is 9.23 Å². The minimum atomic E-state index is 0.118. The van der Waals surface area contributed by atoms with Crippen molar-refractivity contribution in [1.82, 2.24) is 0 Å². The van der Waals surface area contributed by atoms with E-state index in [1.807, 2.05) is 24.3 Å². The zero-order chi connectivity index (χ0) is 12.6. The fraction of sp³-hybridized carbons (Fsp3) is 0.176. The highest BCUT2D eigenvalue weighted by molar-refractivity contribution is 5.49. The largest absolute Gasteiger partial charge is 0.377 e. The second-order valence-electron chi connectivity index (χ2n) is 4.23. The molecule has 0 aliphatic rings. The van der Waals surface area contributed by atoms with Crippen molar-refractivity contribution in [1.29, 1.82) is 0 Å². The quantitative estimate of drug-likeness (QED) is 0.766. The molecule has 0 spiro atoms. The molecule has 1 atom stereocenters. The van der Waals surface area contributed by atoms with Crippen LogP contribution in [0.3, 0.4) is 0 Å². The third-order valence-corrected chi connectivity index (χ3v) is 2.89.